The highest BCUT2D eigenvalue weighted by molar-refractivity contribution is 5.56. The molecule has 0 radical (unpaired) electrons. The highest BCUT2D eigenvalue weighted by atomic mass is 16.6. The Morgan fingerprint density at radius 2 is 2.08 bits per heavy atom. The summed E-state index contributed by atoms with van der Waals surface area (Å²) < 4.78 is 0. The summed E-state index contributed by atoms with van der Waals surface area (Å²) in [7, 11) is 0. The van der Waals surface area contributed by atoms with Crippen molar-refractivity contribution in [1.82, 2.24) is 0 Å². The van der Waals surface area contributed by atoms with Gasteiger partial charge in [0.25, 0.3) is 0 Å². The van der Waals surface area contributed by atoms with E-state index >= 15 is 0 Å². The highest BCUT2D eigenvalue weighted by Gasteiger charge is 1.88. The van der Waals surface area contributed by atoms with Crippen LogP contribution in [0.1, 0.15) is 12.0 Å². The van der Waals surface area contributed by atoms with Crippen LogP contribution in [0.3, 0.4) is 0 Å². The highest BCUT2D eigenvalue weighted by Crippen LogP contribution is 1.99. The first-order valence-corrected chi connectivity index (χ1v) is 4.31. The molecule has 0 aliphatic heterocycles. The van der Waals surface area contributed by atoms with Gasteiger partial charge in [-0.25, -0.2) is 0 Å². The van der Waals surface area contributed by atoms with Crippen LogP contribution in [-0.2, 0) is 11.4 Å². The number of hydrogen-bond acceptors (Lipinski definition) is 3. The SMILES string of the molecule is NCC/C=N/OCc1ccccc1. The zero-order valence-electron chi connectivity index (χ0n) is 7.52. The zero-order chi connectivity index (χ0) is 9.36. The molecule has 3 nitrogen and oxygen atoms in total. The second kappa shape index (κ2) is 6.20. The predicted octanol–water partition coefficient (Wildman–Crippen LogP) is 1.54. The minimum absolute atomic E-state index is 0.516. The Balaban J connectivity index is 2.20. The average molecular weight is 178 g/mol. The molecule has 1 rings (SSSR count). The molecule has 0 unspecified atom stereocenters. The molecule has 1 aromatic rings. The summed E-state index contributed by atoms with van der Waals surface area (Å²) in [5.74, 6) is 0. The van der Waals surface area contributed by atoms with Gasteiger partial charge < -0.3 is 10.6 Å². The maximum Gasteiger partial charge on any atom is 0.142 e. The molecule has 0 amide bonds. The van der Waals surface area contributed by atoms with E-state index in [0.29, 0.717) is 13.2 Å². The number of nitrogens with two attached hydrogens (primary N) is 1. The molecule has 0 fully saturated rings. The molecule has 0 aliphatic carbocycles. The molecular weight excluding hydrogens is 164 g/mol. The molecule has 2 N–H and O–H groups in total. The van der Waals surface area contributed by atoms with Gasteiger partial charge in [-0.15, -0.1) is 0 Å². The Morgan fingerprint density at radius 3 is 2.77 bits per heavy atom. The van der Waals surface area contributed by atoms with Crippen molar-refractivity contribution in [2.24, 2.45) is 10.9 Å². The second-order valence-electron chi connectivity index (χ2n) is 2.62. The minimum Gasteiger partial charge on any atom is -0.391 e. The Bertz CT molecular complexity index is 246. The minimum atomic E-state index is 0.516. The molecule has 0 bridgehead atoms. The fraction of sp³-hybridized carbons (Fsp3) is 0.300. The van der Waals surface area contributed by atoms with Gasteiger partial charge in [0, 0.05) is 6.21 Å². The number of benzene rings is 1. The summed E-state index contributed by atoms with van der Waals surface area (Å²) >= 11 is 0. The number of rotatable bonds is 5. The summed E-state index contributed by atoms with van der Waals surface area (Å²) in [6.45, 7) is 1.13. The van der Waals surface area contributed by atoms with Gasteiger partial charge in [0.15, 0.2) is 0 Å². The number of hydrogen-bond donors (Lipinski definition) is 1. The average Bonchev–Trinajstić information content (AvgIpc) is 2.19. The van der Waals surface area contributed by atoms with Crippen LogP contribution in [0.25, 0.3) is 0 Å². The Labute approximate surface area is 78.2 Å². The van der Waals surface area contributed by atoms with Crippen molar-refractivity contribution < 1.29 is 4.84 Å². The van der Waals surface area contributed by atoms with Crippen molar-refractivity contribution in [3.05, 3.63) is 35.9 Å². The first kappa shape index (κ1) is 9.74. The van der Waals surface area contributed by atoms with E-state index in [4.69, 9.17) is 10.6 Å². The van der Waals surface area contributed by atoms with Crippen LogP contribution in [0.5, 0.6) is 0 Å². The van der Waals surface area contributed by atoms with Gasteiger partial charge in [-0.1, -0.05) is 35.5 Å². The molecule has 0 heterocycles. The van der Waals surface area contributed by atoms with Crippen molar-refractivity contribution in [2.45, 2.75) is 13.0 Å². The van der Waals surface area contributed by atoms with Crippen molar-refractivity contribution >= 4 is 6.21 Å². The first-order chi connectivity index (χ1) is 6.43. The monoisotopic (exact) mass is 178 g/mol. The third-order valence-corrected chi connectivity index (χ3v) is 1.52. The third-order valence-electron chi connectivity index (χ3n) is 1.52. The molecule has 0 aromatic heterocycles. The van der Waals surface area contributed by atoms with Crippen LogP contribution in [0.2, 0.25) is 0 Å². The summed E-state index contributed by atoms with van der Waals surface area (Å²) in [6, 6.07) is 9.92. The summed E-state index contributed by atoms with van der Waals surface area (Å²) in [5.41, 5.74) is 6.39. The summed E-state index contributed by atoms with van der Waals surface area (Å²) in [6.07, 6.45) is 2.44. The lowest BCUT2D eigenvalue weighted by Crippen LogP contribution is -1.98. The largest absolute Gasteiger partial charge is 0.391 e. The zero-order valence-corrected chi connectivity index (χ0v) is 7.52. The predicted molar refractivity (Wildman–Crippen MR) is 53.4 cm³/mol. The van der Waals surface area contributed by atoms with E-state index in [1.54, 1.807) is 6.21 Å². The van der Waals surface area contributed by atoms with Gasteiger partial charge >= 0.3 is 0 Å². The molecule has 0 saturated carbocycles. The van der Waals surface area contributed by atoms with Crippen molar-refractivity contribution in [3.63, 3.8) is 0 Å². The third kappa shape index (κ3) is 4.28. The van der Waals surface area contributed by atoms with Crippen molar-refractivity contribution in [1.29, 1.82) is 0 Å². The number of nitrogens with zero attached hydrogens (tertiary/aromatic N) is 1. The van der Waals surface area contributed by atoms with E-state index in [-0.39, 0.29) is 0 Å². The summed E-state index contributed by atoms with van der Waals surface area (Å²) in [5, 5.41) is 3.75. The normalized spacial score (nSPS) is 10.5. The van der Waals surface area contributed by atoms with E-state index in [1.807, 2.05) is 30.3 Å². The lowest BCUT2D eigenvalue weighted by atomic mass is 10.2. The van der Waals surface area contributed by atoms with Gasteiger partial charge in [0.2, 0.25) is 0 Å². The molecule has 1 aromatic carbocycles. The molecule has 3 heteroatoms. The van der Waals surface area contributed by atoms with Crippen LogP contribution in [0, 0.1) is 0 Å². The van der Waals surface area contributed by atoms with Gasteiger partial charge in [0.1, 0.15) is 6.61 Å². The maximum absolute atomic E-state index is 5.28. The molecule has 0 atom stereocenters. The van der Waals surface area contributed by atoms with Gasteiger partial charge in [-0.2, -0.15) is 0 Å². The van der Waals surface area contributed by atoms with E-state index in [9.17, 15) is 0 Å². The van der Waals surface area contributed by atoms with E-state index in [0.717, 1.165) is 12.0 Å². The molecule has 70 valence electrons. The standard InChI is InChI=1S/C10H14N2O/c11-7-4-8-12-13-9-10-5-2-1-3-6-10/h1-3,5-6,8H,4,7,9,11H2/b12-8+. The van der Waals surface area contributed by atoms with E-state index in [2.05, 4.69) is 5.16 Å². The Morgan fingerprint density at radius 1 is 1.31 bits per heavy atom. The number of oxime groups is 1. The first-order valence-electron chi connectivity index (χ1n) is 4.31. The fourth-order valence-corrected chi connectivity index (χ4v) is 0.866. The van der Waals surface area contributed by atoms with Crippen LogP contribution in [0.4, 0.5) is 0 Å². The van der Waals surface area contributed by atoms with Crippen molar-refractivity contribution in [3.8, 4) is 0 Å². The lowest BCUT2D eigenvalue weighted by molar-refractivity contribution is 0.131. The topological polar surface area (TPSA) is 47.6 Å². The van der Waals surface area contributed by atoms with Gasteiger partial charge in [-0.3, -0.25) is 0 Å². The molecular formula is C10H14N2O. The fourth-order valence-electron chi connectivity index (χ4n) is 0.866. The van der Waals surface area contributed by atoms with E-state index < -0.39 is 0 Å². The second-order valence-corrected chi connectivity index (χ2v) is 2.62. The van der Waals surface area contributed by atoms with E-state index in [1.165, 1.54) is 0 Å². The molecule has 0 spiro atoms. The quantitative estimate of drug-likeness (QED) is 0.549. The summed E-state index contributed by atoms with van der Waals surface area (Å²) in [4.78, 5) is 5.04. The van der Waals surface area contributed by atoms with Crippen LogP contribution in [-0.4, -0.2) is 12.8 Å². The Kier molecular flexibility index (Phi) is 4.64. The molecule has 0 aliphatic rings. The van der Waals surface area contributed by atoms with Crippen LogP contribution >= 0.6 is 0 Å². The Hall–Kier alpha value is -1.35. The molecule has 13 heavy (non-hydrogen) atoms. The van der Waals surface area contributed by atoms with Gasteiger partial charge in [-0.05, 0) is 18.5 Å². The van der Waals surface area contributed by atoms with Crippen LogP contribution < -0.4 is 5.73 Å². The van der Waals surface area contributed by atoms with Gasteiger partial charge in [0.05, 0.1) is 0 Å². The smallest absolute Gasteiger partial charge is 0.142 e. The van der Waals surface area contributed by atoms with Crippen LogP contribution in [0.15, 0.2) is 35.5 Å². The maximum atomic E-state index is 5.28. The molecule has 0 saturated heterocycles. The lowest BCUT2D eigenvalue weighted by Gasteiger charge is -1.97. The van der Waals surface area contributed by atoms with Crippen molar-refractivity contribution in [2.75, 3.05) is 6.54 Å².